The Balaban J connectivity index is 1.85. The van der Waals surface area contributed by atoms with E-state index in [1.807, 2.05) is 0 Å². The number of hydrogen-bond donors (Lipinski definition) is 2. The molecule has 186 valence electrons. The van der Waals surface area contributed by atoms with E-state index in [0.29, 0.717) is 22.4 Å². The van der Waals surface area contributed by atoms with Crippen molar-refractivity contribution in [3.63, 3.8) is 0 Å². The summed E-state index contributed by atoms with van der Waals surface area (Å²) in [5.74, 6) is -1.87. The number of aliphatic hydroxyl groups is 1. The van der Waals surface area contributed by atoms with E-state index in [4.69, 9.17) is 4.74 Å². The number of phenolic OH excluding ortho intramolecular Hbond substituents is 1. The zero-order valence-electron chi connectivity index (χ0n) is 19.3. The third-order valence-corrected chi connectivity index (χ3v) is 6.04. The van der Waals surface area contributed by atoms with E-state index in [9.17, 15) is 33.0 Å². The van der Waals surface area contributed by atoms with Crippen LogP contribution in [0, 0.1) is 6.92 Å². The second-order valence-corrected chi connectivity index (χ2v) is 8.40. The molecule has 9 heteroatoms. The fraction of sp³-hybridized carbons (Fsp3) is 0.185. The molecule has 1 amide bonds. The van der Waals surface area contributed by atoms with Crippen LogP contribution in [0.2, 0.25) is 0 Å². The molecule has 0 aromatic heterocycles. The summed E-state index contributed by atoms with van der Waals surface area (Å²) in [7, 11) is 1.48. The molecule has 1 fully saturated rings. The van der Waals surface area contributed by atoms with E-state index in [2.05, 4.69) is 0 Å². The van der Waals surface area contributed by atoms with E-state index in [-0.39, 0.29) is 23.4 Å². The van der Waals surface area contributed by atoms with Crippen LogP contribution in [-0.2, 0) is 22.3 Å². The van der Waals surface area contributed by atoms with Gasteiger partial charge in [0.25, 0.3) is 11.7 Å². The van der Waals surface area contributed by atoms with Crippen molar-refractivity contribution in [2.45, 2.75) is 25.7 Å². The molecule has 0 saturated carbocycles. The van der Waals surface area contributed by atoms with Gasteiger partial charge in [-0.25, -0.2) is 0 Å². The number of likely N-dealkylation sites (tertiary alicyclic amines) is 1. The number of aliphatic hydroxyl groups excluding tert-OH is 1. The van der Waals surface area contributed by atoms with Crippen molar-refractivity contribution in [1.29, 1.82) is 0 Å². The second-order valence-electron chi connectivity index (χ2n) is 8.40. The molecule has 1 aliphatic heterocycles. The molecule has 1 atom stereocenters. The lowest BCUT2D eigenvalue weighted by Gasteiger charge is -2.26. The Labute approximate surface area is 204 Å². The van der Waals surface area contributed by atoms with Crippen molar-refractivity contribution in [2.75, 3.05) is 7.11 Å². The maximum atomic E-state index is 13.2. The minimum atomic E-state index is -4.58. The number of ether oxygens (including phenoxy) is 1. The Bertz CT molecular complexity index is 1360. The summed E-state index contributed by atoms with van der Waals surface area (Å²) in [6.45, 7) is 1.39. The summed E-state index contributed by atoms with van der Waals surface area (Å²) in [5.41, 5.74) is 0.359. The second kappa shape index (κ2) is 9.41. The first-order valence-electron chi connectivity index (χ1n) is 10.9. The number of halogens is 3. The van der Waals surface area contributed by atoms with Crippen LogP contribution >= 0.6 is 0 Å². The number of carbonyl (C=O) groups excluding carboxylic acids is 2. The maximum Gasteiger partial charge on any atom is 0.416 e. The van der Waals surface area contributed by atoms with Crippen molar-refractivity contribution in [3.05, 3.63) is 100 Å². The molecule has 3 aromatic rings. The number of alkyl halides is 3. The van der Waals surface area contributed by atoms with Gasteiger partial charge in [-0.3, -0.25) is 9.59 Å². The summed E-state index contributed by atoms with van der Waals surface area (Å²) in [6, 6.07) is 13.9. The molecule has 4 rings (SSSR count). The van der Waals surface area contributed by atoms with E-state index in [0.717, 1.165) is 17.0 Å². The Morgan fingerprint density at radius 1 is 1.03 bits per heavy atom. The molecule has 0 spiro atoms. The summed E-state index contributed by atoms with van der Waals surface area (Å²) >= 11 is 0. The molecule has 0 radical (unpaired) electrons. The zero-order chi connectivity index (χ0) is 26.2. The average Bonchev–Trinajstić information content (AvgIpc) is 3.08. The van der Waals surface area contributed by atoms with Crippen LogP contribution < -0.4 is 4.74 Å². The summed E-state index contributed by atoms with van der Waals surface area (Å²) in [5, 5.41) is 20.9. The summed E-state index contributed by atoms with van der Waals surface area (Å²) in [6.07, 6.45) is -4.58. The molecule has 2 N–H and O–H groups in total. The number of carbonyl (C=O) groups is 2. The Kier molecular flexibility index (Phi) is 6.49. The van der Waals surface area contributed by atoms with Crippen molar-refractivity contribution in [2.24, 2.45) is 0 Å². The highest BCUT2D eigenvalue weighted by Crippen LogP contribution is 2.41. The zero-order valence-corrected chi connectivity index (χ0v) is 19.3. The number of amides is 1. The van der Waals surface area contributed by atoms with Gasteiger partial charge in [-0.15, -0.1) is 0 Å². The highest BCUT2D eigenvalue weighted by molar-refractivity contribution is 6.46. The van der Waals surface area contributed by atoms with Crippen LogP contribution in [0.15, 0.2) is 72.3 Å². The number of phenols is 1. The van der Waals surface area contributed by atoms with Crippen LogP contribution in [0.25, 0.3) is 5.76 Å². The van der Waals surface area contributed by atoms with Gasteiger partial charge in [-0.2, -0.15) is 13.2 Å². The maximum absolute atomic E-state index is 13.2. The molecular formula is C27H22F3NO5. The Morgan fingerprint density at radius 3 is 2.33 bits per heavy atom. The predicted molar refractivity (Wildman–Crippen MR) is 125 cm³/mol. The van der Waals surface area contributed by atoms with Gasteiger partial charge in [-0.05, 0) is 66.1 Å². The van der Waals surface area contributed by atoms with Crippen LogP contribution in [0.3, 0.4) is 0 Å². The monoisotopic (exact) mass is 497 g/mol. The number of rotatable bonds is 5. The van der Waals surface area contributed by atoms with Crippen LogP contribution in [0.1, 0.15) is 33.9 Å². The first-order chi connectivity index (χ1) is 17.0. The number of aryl methyl sites for hydroxylation is 1. The molecule has 1 unspecified atom stereocenters. The highest BCUT2D eigenvalue weighted by Gasteiger charge is 2.46. The lowest BCUT2D eigenvalue weighted by atomic mass is 9.93. The van der Waals surface area contributed by atoms with Crippen LogP contribution in [-0.4, -0.2) is 33.9 Å². The number of methoxy groups -OCH3 is 1. The predicted octanol–water partition coefficient (Wildman–Crippen LogP) is 5.35. The third-order valence-electron chi connectivity index (χ3n) is 6.04. The van der Waals surface area contributed by atoms with Crippen molar-refractivity contribution in [1.82, 2.24) is 4.90 Å². The van der Waals surface area contributed by atoms with Crippen molar-refractivity contribution >= 4 is 17.4 Å². The minimum Gasteiger partial charge on any atom is -0.508 e. The smallest absolute Gasteiger partial charge is 0.416 e. The molecule has 1 aliphatic rings. The van der Waals surface area contributed by atoms with Gasteiger partial charge >= 0.3 is 6.18 Å². The Morgan fingerprint density at radius 2 is 1.72 bits per heavy atom. The molecular weight excluding hydrogens is 475 g/mol. The quantitative estimate of drug-likeness (QED) is 0.282. The lowest BCUT2D eigenvalue weighted by molar-refractivity contribution is -0.140. The normalized spacial score (nSPS) is 17.5. The van der Waals surface area contributed by atoms with Gasteiger partial charge in [0.05, 0.1) is 24.3 Å². The van der Waals surface area contributed by atoms with Gasteiger partial charge in [0, 0.05) is 12.1 Å². The van der Waals surface area contributed by atoms with Crippen molar-refractivity contribution in [3.8, 4) is 11.5 Å². The number of aromatic hydroxyl groups is 1. The molecule has 6 nitrogen and oxygen atoms in total. The fourth-order valence-electron chi connectivity index (χ4n) is 4.26. The number of ketones is 1. The molecule has 1 saturated heterocycles. The SMILES string of the molecule is COc1ccc(/C(O)=C2/C(=O)C(=O)N(Cc3cccc(C(F)(F)F)c3)C2c2ccc(O)cc2)c(C)c1. The molecule has 1 heterocycles. The van der Waals surface area contributed by atoms with Crippen molar-refractivity contribution < 1.29 is 37.7 Å². The molecule has 0 aliphatic carbocycles. The van der Waals surface area contributed by atoms with Gasteiger partial charge in [0.1, 0.15) is 17.3 Å². The van der Waals surface area contributed by atoms with Gasteiger partial charge in [-0.1, -0.05) is 24.3 Å². The third kappa shape index (κ3) is 4.64. The van der Waals surface area contributed by atoms with Crippen LogP contribution in [0.5, 0.6) is 11.5 Å². The van der Waals surface area contributed by atoms with E-state index < -0.39 is 35.2 Å². The number of hydrogen-bond acceptors (Lipinski definition) is 5. The highest BCUT2D eigenvalue weighted by atomic mass is 19.4. The van der Waals surface area contributed by atoms with Gasteiger partial charge in [0.2, 0.25) is 0 Å². The summed E-state index contributed by atoms with van der Waals surface area (Å²) < 4.78 is 44.9. The summed E-state index contributed by atoms with van der Waals surface area (Å²) in [4.78, 5) is 27.4. The first-order valence-corrected chi connectivity index (χ1v) is 10.9. The average molecular weight is 497 g/mol. The van der Waals surface area contributed by atoms with Gasteiger partial charge < -0.3 is 19.8 Å². The first kappa shape index (κ1) is 24.8. The molecule has 0 bridgehead atoms. The lowest BCUT2D eigenvalue weighted by Crippen LogP contribution is -2.29. The number of benzene rings is 3. The van der Waals surface area contributed by atoms with E-state index >= 15 is 0 Å². The van der Waals surface area contributed by atoms with E-state index in [1.54, 1.807) is 25.1 Å². The van der Waals surface area contributed by atoms with Crippen LogP contribution in [0.4, 0.5) is 13.2 Å². The number of Topliss-reactive ketones (excluding diaryl/α,β-unsaturated/α-hetero) is 1. The fourth-order valence-corrected chi connectivity index (χ4v) is 4.26. The van der Waals surface area contributed by atoms with Gasteiger partial charge in [0.15, 0.2) is 0 Å². The minimum absolute atomic E-state index is 0.0559. The van der Waals surface area contributed by atoms with E-state index in [1.165, 1.54) is 43.5 Å². The largest absolute Gasteiger partial charge is 0.508 e. The molecule has 3 aromatic carbocycles. The molecule has 36 heavy (non-hydrogen) atoms. The number of nitrogens with zero attached hydrogens (tertiary/aromatic N) is 1. The Hall–Kier alpha value is -4.27. The standard InChI is InChI=1S/C27H22F3NO5/c1-15-12-20(36-2)10-11-21(15)24(33)22-23(17-6-8-19(32)9-7-17)31(26(35)25(22)34)14-16-4-3-5-18(13-16)27(28,29)30/h3-13,23,32-33H,14H2,1-2H3/b24-22-. The topological polar surface area (TPSA) is 87.1 Å².